The van der Waals surface area contributed by atoms with Gasteiger partial charge < -0.3 is 5.32 Å². The van der Waals surface area contributed by atoms with Crippen LogP contribution in [0.2, 0.25) is 0 Å². The van der Waals surface area contributed by atoms with E-state index in [1.54, 1.807) is 12.1 Å². The Morgan fingerprint density at radius 2 is 2.05 bits per heavy atom. The molecule has 0 spiro atoms. The molecule has 1 atom stereocenters. The van der Waals surface area contributed by atoms with E-state index < -0.39 is 0 Å². The molecule has 0 fully saturated rings. The van der Waals surface area contributed by atoms with E-state index in [1.807, 2.05) is 0 Å². The topological polar surface area (TPSA) is 29.1 Å². The summed E-state index contributed by atoms with van der Waals surface area (Å²) in [5, 5.41) is 3.69. The summed E-state index contributed by atoms with van der Waals surface area (Å²) in [5.41, 5.74) is 0. The third-order valence-corrected chi connectivity index (χ3v) is 5.33. The van der Waals surface area contributed by atoms with Crippen molar-refractivity contribution in [3.63, 3.8) is 0 Å². The first-order chi connectivity index (χ1) is 10.0. The molecule has 2 nitrogen and oxygen atoms in total. The predicted molar refractivity (Wildman–Crippen MR) is 87.8 cm³/mol. The number of carbonyl (C=O) groups is 1. The highest BCUT2D eigenvalue weighted by atomic mass is 35.5. The van der Waals surface area contributed by atoms with Crippen LogP contribution in [0, 0.1) is 11.7 Å². The predicted octanol–water partition coefficient (Wildman–Crippen LogP) is 4.81. The van der Waals surface area contributed by atoms with Crippen molar-refractivity contribution in [3.8, 4) is 0 Å². The molecule has 0 aliphatic rings. The van der Waals surface area contributed by atoms with Crippen molar-refractivity contribution in [2.24, 2.45) is 5.92 Å². The Morgan fingerprint density at radius 1 is 1.33 bits per heavy atom. The van der Waals surface area contributed by atoms with Gasteiger partial charge in [0.05, 0.1) is 10.3 Å². The number of nitrogens with one attached hydrogen (secondary N) is 1. The van der Waals surface area contributed by atoms with Crippen LogP contribution in [-0.2, 0) is 0 Å². The van der Waals surface area contributed by atoms with Gasteiger partial charge in [-0.2, -0.15) is 0 Å². The lowest BCUT2D eigenvalue weighted by atomic mass is 9.99. The number of carbonyl (C=O) groups excluding carboxylic acids is 1. The number of rotatable bonds is 6. The second kappa shape index (κ2) is 7.23. The summed E-state index contributed by atoms with van der Waals surface area (Å²) in [5.74, 6) is -0.0254. The van der Waals surface area contributed by atoms with Crippen LogP contribution in [0.25, 0.3) is 10.1 Å². The molecule has 0 bridgehead atoms. The van der Waals surface area contributed by atoms with Crippen molar-refractivity contribution in [1.29, 1.82) is 0 Å². The van der Waals surface area contributed by atoms with E-state index in [1.165, 1.54) is 23.5 Å². The van der Waals surface area contributed by atoms with Gasteiger partial charge in [-0.3, -0.25) is 4.79 Å². The summed E-state index contributed by atoms with van der Waals surface area (Å²) < 4.78 is 13.9. The molecule has 0 aliphatic heterocycles. The summed E-state index contributed by atoms with van der Waals surface area (Å²) in [6.45, 7) is 4.66. The molecule has 1 heterocycles. The van der Waals surface area contributed by atoms with Crippen molar-refractivity contribution in [2.45, 2.75) is 32.1 Å². The van der Waals surface area contributed by atoms with Gasteiger partial charge in [-0.15, -0.1) is 22.9 Å². The third-order valence-electron chi connectivity index (χ3n) is 3.72. The molecule has 0 aliphatic carbocycles. The Morgan fingerprint density at radius 3 is 2.71 bits per heavy atom. The highest BCUT2D eigenvalue weighted by Gasteiger charge is 2.17. The van der Waals surface area contributed by atoms with E-state index in [-0.39, 0.29) is 17.1 Å². The van der Waals surface area contributed by atoms with Crippen LogP contribution >= 0.6 is 22.9 Å². The normalized spacial score (nSPS) is 12.8. The molecule has 1 aromatic carbocycles. The highest BCUT2D eigenvalue weighted by Crippen LogP contribution is 2.26. The van der Waals surface area contributed by atoms with Gasteiger partial charge in [-0.25, -0.2) is 4.39 Å². The maximum Gasteiger partial charge on any atom is 0.261 e. The lowest BCUT2D eigenvalue weighted by Crippen LogP contribution is -2.32. The maximum atomic E-state index is 13.2. The molecular formula is C16H19ClFNOS. The summed E-state index contributed by atoms with van der Waals surface area (Å²) in [6.07, 6.45) is 2.01. The highest BCUT2D eigenvalue weighted by molar-refractivity contribution is 7.20. The Hall–Kier alpha value is -1.13. The smallest absolute Gasteiger partial charge is 0.261 e. The fraction of sp³-hybridized carbons (Fsp3) is 0.438. The van der Waals surface area contributed by atoms with E-state index in [0.717, 1.165) is 22.9 Å². The molecule has 0 saturated heterocycles. The van der Waals surface area contributed by atoms with Crippen LogP contribution in [0.5, 0.6) is 0 Å². The number of thiophene rings is 1. The molecule has 1 amide bonds. The Balaban J connectivity index is 2.02. The largest absolute Gasteiger partial charge is 0.350 e. The Bertz CT molecular complexity index is 624. The van der Waals surface area contributed by atoms with Gasteiger partial charge in [0.1, 0.15) is 5.82 Å². The molecule has 2 aromatic rings. The molecular weight excluding hydrogens is 309 g/mol. The van der Waals surface area contributed by atoms with Gasteiger partial charge >= 0.3 is 0 Å². The van der Waals surface area contributed by atoms with E-state index in [9.17, 15) is 9.18 Å². The van der Waals surface area contributed by atoms with Crippen molar-refractivity contribution >= 4 is 38.9 Å². The standard InChI is InChI=1S/C16H19ClFNOS/c1-3-10(4-2)13(17)9-19-16(20)15-7-11-5-6-12(18)8-14(11)21-15/h5-8,10,13H,3-4,9H2,1-2H3,(H,19,20). The molecule has 0 saturated carbocycles. The molecule has 114 valence electrons. The van der Waals surface area contributed by atoms with Crippen LogP contribution in [0.4, 0.5) is 4.39 Å². The average Bonchev–Trinajstić information content (AvgIpc) is 2.89. The lowest BCUT2D eigenvalue weighted by Gasteiger charge is -2.19. The summed E-state index contributed by atoms with van der Waals surface area (Å²) in [4.78, 5) is 12.7. The van der Waals surface area contributed by atoms with Crippen LogP contribution < -0.4 is 5.32 Å². The SMILES string of the molecule is CCC(CC)C(Cl)CNC(=O)c1cc2ccc(F)cc2s1. The van der Waals surface area contributed by atoms with Gasteiger partial charge in [-0.05, 0) is 29.5 Å². The van der Waals surface area contributed by atoms with Crippen LogP contribution in [-0.4, -0.2) is 17.8 Å². The number of alkyl halides is 1. The third kappa shape index (κ3) is 3.95. The van der Waals surface area contributed by atoms with Crippen LogP contribution in [0.3, 0.4) is 0 Å². The maximum absolute atomic E-state index is 13.2. The second-order valence-electron chi connectivity index (χ2n) is 5.10. The first kappa shape index (κ1) is 16.2. The van der Waals surface area contributed by atoms with Gasteiger partial charge in [0.2, 0.25) is 0 Å². The van der Waals surface area contributed by atoms with Crippen LogP contribution in [0.1, 0.15) is 36.4 Å². The van der Waals surface area contributed by atoms with Crippen molar-refractivity contribution < 1.29 is 9.18 Å². The zero-order chi connectivity index (χ0) is 15.4. The monoisotopic (exact) mass is 327 g/mol. The lowest BCUT2D eigenvalue weighted by molar-refractivity contribution is 0.0955. The quantitative estimate of drug-likeness (QED) is 0.758. The summed E-state index contributed by atoms with van der Waals surface area (Å²) in [6, 6.07) is 6.32. The van der Waals surface area contributed by atoms with E-state index in [0.29, 0.717) is 17.3 Å². The van der Waals surface area contributed by atoms with Gasteiger partial charge in [0.25, 0.3) is 5.91 Å². The van der Waals surface area contributed by atoms with Crippen molar-refractivity contribution in [2.75, 3.05) is 6.54 Å². The van der Waals surface area contributed by atoms with Crippen molar-refractivity contribution in [3.05, 3.63) is 35.0 Å². The fourth-order valence-electron chi connectivity index (χ4n) is 2.36. The second-order valence-corrected chi connectivity index (χ2v) is 6.74. The van der Waals surface area contributed by atoms with E-state index in [2.05, 4.69) is 19.2 Å². The summed E-state index contributed by atoms with van der Waals surface area (Å²) in [7, 11) is 0. The molecule has 2 rings (SSSR count). The molecule has 1 N–H and O–H groups in total. The minimum Gasteiger partial charge on any atom is -0.350 e. The molecule has 1 aromatic heterocycles. The number of amides is 1. The van der Waals surface area contributed by atoms with E-state index in [4.69, 9.17) is 11.6 Å². The Labute approximate surface area is 133 Å². The first-order valence-corrected chi connectivity index (χ1v) is 8.41. The number of hydrogen-bond acceptors (Lipinski definition) is 2. The first-order valence-electron chi connectivity index (χ1n) is 7.16. The zero-order valence-corrected chi connectivity index (χ0v) is 13.7. The minimum absolute atomic E-state index is 0.0595. The van der Waals surface area contributed by atoms with Gasteiger partial charge in [0, 0.05) is 11.2 Å². The van der Waals surface area contributed by atoms with E-state index >= 15 is 0 Å². The molecule has 1 unspecified atom stereocenters. The molecule has 5 heteroatoms. The zero-order valence-electron chi connectivity index (χ0n) is 12.2. The number of halogens is 2. The average molecular weight is 328 g/mol. The molecule has 21 heavy (non-hydrogen) atoms. The summed E-state index contributed by atoms with van der Waals surface area (Å²) >= 11 is 7.61. The molecule has 0 radical (unpaired) electrons. The van der Waals surface area contributed by atoms with Crippen LogP contribution in [0.15, 0.2) is 24.3 Å². The van der Waals surface area contributed by atoms with Crippen molar-refractivity contribution in [1.82, 2.24) is 5.32 Å². The number of fused-ring (bicyclic) bond motifs is 1. The number of hydrogen-bond donors (Lipinski definition) is 1. The Kier molecular flexibility index (Phi) is 5.59. The number of benzene rings is 1. The minimum atomic E-state index is -0.286. The fourth-order valence-corrected chi connectivity index (χ4v) is 3.80. The van der Waals surface area contributed by atoms with Gasteiger partial charge in [-0.1, -0.05) is 32.8 Å². The van der Waals surface area contributed by atoms with Gasteiger partial charge in [0.15, 0.2) is 0 Å².